The van der Waals surface area contributed by atoms with E-state index in [-0.39, 0.29) is 30.4 Å². The van der Waals surface area contributed by atoms with Crippen molar-refractivity contribution in [3.05, 3.63) is 0 Å². The first kappa shape index (κ1) is 18.4. The number of carbonyl (C=O) groups is 1. The topological polar surface area (TPSA) is 105 Å². The van der Waals surface area contributed by atoms with Crippen LogP contribution in [0.1, 0.15) is 32.6 Å². The van der Waals surface area contributed by atoms with Crippen molar-refractivity contribution < 1.29 is 13.2 Å². The average molecular weight is 326 g/mol. The van der Waals surface area contributed by atoms with Gasteiger partial charge in [-0.05, 0) is 19.8 Å². The quantitative estimate of drug-likeness (QED) is 0.685. The third kappa shape index (κ3) is 4.97. The molecule has 7 nitrogen and oxygen atoms in total. The van der Waals surface area contributed by atoms with E-state index < -0.39 is 10.0 Å². The van der Waals surface area contributed by atoms with E-state index in [1.54, 1.807) is 11.8 Å². The number of nitrogens with zero attached hydrogens (tertiary/aromatic N) is 4. The van der Waals surface area contributed by atoms with E-state index in [4.69, 9.17) is 10.5 Å². The van der Waals surface area contributed by atoms with Crippen LogP contribution in [0, 0.1) is 28.6 Å². The lowest BCUT2D eigenvalue weighted by Gasteiger charge is -2.33. The number of sulfonamides is 1. The molecule has 0 unspecified atom stereocenters. The molecule has 0 atom stereocenters. The summed E-state index contributed by atoms with van der Waals surface area (Å²) in [6.07, 6.45) is 1.46. The summed E-state index contributed by atoms with van der Waals surface area (Å²) in [5.74, 6) is -0.220. The SMILES string of the molecule is CCS(=O)(=O)N1CCC(C(=O)N(CCC#N)CCC#N)CC1. The molecule has 22 heavy (non-hydrogen) atoms. The average Bonchev–Trinajstić information content (AvgIpc) is 2.54. The predicted octanol–water partition coefficient (Wildman–Crippen LogP) is 0.704. The molecule has 1 fully saturated rings. The minimum atomic E-state index is -3.20. The summed E-state index contributed by atoms with van der Waals surface area (Å²) in [5, 5.41) is 17.3. The molecule has 0 radical (unpaired) electrons. The van der Waals surface area contributed by atoms with Crippen molar-refractivity contribution in [1.82, 2.24) is 9.21 Å². The normalized spacial score (nSPS) is 16.7. The zero-order valence-electron chi connectivity index (χ0n) is 12.9. The number of hydrogen-bond donors (Lipinski definition) is 0. The van der Waals surface area contributed by atoms with Gasteiger partial charge in [-0.15, -0.1) is 0 Å². The maximum atomic E-state index is 12.5. The van der Waals surface area contributed by atoms with Crippen molar-refractivity contribution in [3.63, 3.8) is 0 Å². The summed E-state index contributed by atoms with van der Waals surface area (Å²) in [5.41, 5.74) is 0. The Bertz CT molecular complexity index is 536. The number of piperidine rings is 1. The molecular formula is C14H22N4O3S. The number of carbonyl (C=O) groups excluding carboxylic acids is 1. The molecule has 0 aromatic rings. The zero-order valence-corrected chi connectivity index (χ0v) is 13.7. The monoisotopic (exact) mass is 326 g/mol. The van der Waals surface area contributed by atoms with Crippen LogP contribution < -0.4 is 0 Å². The van der Waals surface area contributed by atoms with E-state index in [1.165, 1.54) is 4.31 Å². The van der Waals surface area contributed by atoms with Gasteiger partial charge >= 0.3 is 0 Å². The highest BCUT2D eigenvalue weighted by atomic mass is 32.2. The van der Waals surface area contributed by atoms with Gasteiger partial charge in [0.25, 0.3) is 0 Å². The van der Waals surface area contributed by atoms with Crippen LogP contribution >= 0.6 is 0 Å². The Hall–Kier alpha value is -1.64. The summed E-state index contributed by atoms with van der Waals surface area (Å²) in [6, 6.07) is 4.01. The van der Waals surface area contributed by atoms with Crippen LogP contribution in [-0.2, 0) is 14.8 Å². The fourth-order valence-corrected chi connectivity index (χ4v) is 3.66. The van der Waals surface area contributed by atoms with Crippen molar-refractivity contribution in [1.29, 1.82) is 10.5 Å². The first-order chi connectivity index (χ1) is 10.5. The minimum absolute atomic E-state index is 0.0703. The lowest BCUT2D eigenvalue weighted by atomic mass is 9.96. The Balaban J connectivity index is 2.62. The molecule has 0 saturated carbocycles. The summed E-state index contributed by atoms with van der Waals surface area (Å²) in [4.78, 5) is 14.0. The Kier molecular flexibility index (Phi) is 7.30. The molecule has 0 aromatic carbocycles. The van der Waals surface area contributed by atoms with Crippen molar-refractivity contribution in [2.75, 3.05) is 31.9 Å². The van der Waals surface area contributed by atoms with Gasteiger partial charge in [-0.3, -0.25) is 4.79 Å². The Morgan fingerprint density at radius 3 is 2.09 bits per heavy atom. The molecule has 1 aliphatic rings. The van der Waals surface area contributed by atoms with Gasteiger partial charge in [-0.25, -0.2) is 12.7 Å². The fraction of sp³-hybridized carbons (Fsp3) is 0.786. The number of amides is 1. The lowest BCUT2D eigenvalue weighted by Crippen LogP contribution is -2.45. The summed E-state index contributed by atoms with van der Waals surface area (Å²) < 4.78 is 25.0. The van der Waals surface area contributed by atoms with Crippen LogP contribution in [-0.4, -0.2) is 55.5 Å². The van der Waals surface area contributed by atoms with Gasteiger partial charge < -0.3 is 4.90 Å². The van der Waals surface area contributed by atoms with E-state index in [2.05, 4.69) is 0 Å². The smallest absolute Gasteiger partial charge is 0.225 e. The second kappa shape index (κ2) is 8.72. The fourth-order valence-electron chi connectivity index (χ4n) is 2.52. The zero-order chi connectivity index (χ0) is 16.6. The molecule has 0 aromatic heterocycles. The standard InChI is InChI=1S/C14H22N4O3S/c1-2-22(20,21)18-11-5-13(6-12-18)14(19)17(9-3-7-15)10-4-8-16/h13H,2-6,9-12H2,1H3. The Labute approximate surface area is 132 Å². The van der Waals surface area contributed by atoms with Crippen molar-refractivity contribution >= 4 is 15.9 Å². The third-order valence-electron chi connectivity index (χ3n) is 3.86. The minimum Gasteiger partial charge on any atom is -0.340 e. The van der Waals surface area contributed by atoms with E-state index in [1.807, 2.05) is 12.1 Å². The molecule has 0 spiro atoms. The highest BCUT2D eigenvalue weighted by Gasteiger charge is 2.32. The van der Waals surface area contributed by atoms with Gasteiger partial charge in [0.2, 0.25) is 15.9 Å². The second-order valence-corrected chi connectivity index (χ2v) is 7.47. The van der Waals surface area contributed by atoms with Crippen LogP contribution in [0.4, 0.5) is 0 Å². The van der Waals surface area contributed by atoms with E-state index >= 15 is 0 Å². The molecule has 1 saturated heterocycles. The molecule has 1 heterocycles. The molecule has 1 aliphatic heterocycles. The van der Waals surface area contributed by atoms with Gasteiger partial charge in [0.1, 0.15) is 0 Å². The number of rotatable bonds is 7. The first-order valence-corrected chi connectivity index (χ1v) is 9.07. The summed E-state index contributed by atoms with van der Waals surface area (Å²) in [6.45, 7) is 2.97. The Morgan fingerprint density at radius 1 is 1.18 bits per heavy atom. The van der Waals surface area contributed by atoms with Crippen molar-refractivity contribution in [2.45, 2.75) is 32.6 Å². The van der Waals surface area contributed by atoms with Crippen LogP contribution in [0.3, 0.4) is 0 Å². The second-order valence-electron chi connectivity index (χ2n) is 5.22. The van der Waals surface area contributed by atoms with Crippen LogP contribution in [0.15, 0.2) is 0 Å². The maximum absolute atomic E-state index is 12.5. The van der Waals surface area contributed by atoms with Gasteiger partial charge in [0.15, 0.2) is 0 Å². The molecule has 1 rings (SSSR count). The Morgan fingerprint density at radius 2 is 1.68 bits per heavy atom. The molecule has 122 valence electrons. The van der Waals surface area contributed by atoms with Crippen LogP contribution in [0.2, 0.25) is 0 Å². The van der Waals surface area contributed by atoms with Crippen molar-refractivity contribution in [2.24, 2.45) is 5.92 Å². The lowest BCUT2D eigenvalue weighted by molar-refractivity contribution is -0.136. The molecular weight excluding hydrogens is 304 g/mol. The molecule has 0 aliphatic carbocycles. The molecule has 0 N–H and O–H groups in total. The first-order valence-electron chi connectivity index (χ1n) is 7.46. The highest BCUT2D eigenvalue weighted by molar-refractivity contribution is 7.89. The van der Waals surface area contributed by atoms with E-state index in [9.17, 15) is 13.2 Å². The van der Waals surface area contributed by atoms with Crippen LogP contribution in [0.5, 0.6) is 0 Å². The molecule has 0 bridgehead atoms. The summed E-state index contributed by atoms with van der Waals surface area (Å²) in [7, 11) is -3.20. The van der Waals surface area contributed by atoms with Crippen LogP contribution in [0.25, 0.3) is 0 Å². The number of nitriles is 2. The van der Waals surface area contributed by atoms with E-state index in [0.29, 0.717) is 39.0 Å². The predicted molar refractivity (Wildman–Crippen MR) is 80.8 cm³/mol. The third-order valence-corrected chi connectivity index (χ3v) is 5.74. The highest BCUT2D eigenvalue weighted by Crippen LogP contribution is 2.22. The van der Waals surface area contributed by atoms with Gasteiger partial charge in [-0.2, -0.15) is 10.5 Å². The van der Waals surface area contributed by atoms with Gasteiger partial charge in [0, 0.05) is 32.1 Å². The van der Waals surface area contributed by atoms with Gasteiger partial charge in [0.05, 0.1) is 30.7 Å². The number of hydrogen-bond acceptors (Lipinski definition) is 5. The van der Waals surface area contributed by atoms with Crippen molar-refractivity contribution in [3.8, 4) is 12.1 Å². The van der Waals surface area contributed by atoms with E-state index in [0.717, 1.165) is 0 Å². The van der Waals surface area contributed by atoms with Gasteiger partial charge in [-0.1, -0.05) is 0 Å². The summed E-state index contributed by atoms with van der Waals surface area (Å²) >= 11 is 0. The molecule has 8 heteroatoms. The largest absolute Gasteiger partial charge is 0.340 e. The maximum Gasteiger partial charge on any atom is 0.225 e. The molecule has 1 amide bonds.